The highest BCUT2D eigenvalue weighted by Gasteiger charge is 2.17. The third kappa shape index (κ3) is 2.61. The highest BCUT2D eigenvalue weighted by Crippen LogP contribution is 2.35. The van der Waals surface area contributed by atoms with Crippen molar-refractivity contribution >= 4 is 22.7 Å². The fourth-order valence-electron chi connectivity index (χ4n) is 2.86. The molecule has 0 radical (unpaired) electrons. The summed E-state index contributed by atoms with van der Waals surface area (Å²) in [5.74, 6) is 0.884. The van der Waals surface area contributed by atoms with Gasteiger partial charge in [0.2, 0.25) is 0 Å². The molecule has 120 valence electrons. The molecule has 0 amide bonds. The molecule has 0 bridgehead atoms. The van der Waals surface area contributed by atoms with Crippen LogP contribution in [0.1, 0.15) is 17.7 Å². The predicted octanol–water partition coefficient (Wildman–Crippen LogP) is 4.82. The van der Waals surface area contributed by atoms with Gasteiger partial charge in [0, 0.05) is 35.0 Å². The average Bonchev–Trinajstić information content (AvgIpc) is 3.20. The number of benzene rings is 2. The summed E-state index contributed by atoms with van der Waals surface area (Å²) < 4.78 is 2.07. The summed E-state index contributed by atoms with van der Waals surface area (Å²) in [5, 5.41) is 11.2. The Morgan fingerprint density at radius 3 is 2.58 bits per heavy atom. The molecule has 0 spiro atoms. The first-order valence-electron chi connectivity index (χ1n) is 7.91. The van der Waals surface area contributed by atoms with Crippen molar-refractivity contribution in [2.24, 2.45) is 7.05 Å². The molecular formula is C19H18N4S. The number of nitrogens with one attached hydrogen (secondary N) is 1. The van der Waals surface area contributed by atoms with Crippen LogP contribution in [0.5, 0.6) is 0 Å². The van der Waals surface area contributed by atoms with E-state index in [4.69, 9.17) is 0 Å². The Morgan fingerprint density at radius 1 is 1.00 bits per heavy atom. The number of nitrogens with zero attached hydrogens (tertiary/aromatic N) is 3. The maximum atomic E-state index is 4.43. The first kappa shape index (κ1) is 15.0. The first-order chi connectivity index (χ1) is 11.7. The quantitative estimate of drug-likeness (QED) is 0.544. The van der Waals surface area contributed by atoms with Gasteiger partial charge in [0.05, 0.1) is 0 Å². The SMILES string of the molecule is C[C@@H](Sc1nnc(-c2c[nH]c3ccccc23)n1C)c1ccccc1. The van der Waals surface area contributed by atoms with Gasteiger partial charge in [0.25, 0.3) is 0 Å². The number of fused-ring (bicyclic) bond motifs is 1. The van der Waals surface area contributed by atoms with Gasteiger partial charge in [0.1, 0.15) is 0 Å². The van der Waals surface area contributed by atoms with Crippen LogP contribution in [0, 0.1) is 0 Å². The smallest absolute Gasteiger partial charge is 0.191 e. The van der Waals surface area contributed by atoms with E-state index in [-0.39, 0.29) is 0 Å². The lowest BCUT2D eigenvalue weighted by Gasteiger charge is -2.10. The van der Waals surface area contributed by atoms with Crippen molar-refractivity contribution < 1.29 is 0 Å². The van der Waals surface area contributed by atoms with Crippen molar-refractivity contribution in [1.82, 2.24) is 19.7 Å². The van der Waals surface area contributed by atoms with Crippen LogP contribution >= 0.6 is 11.8 Å². The molecule has 4 aromatic rings. The molecule has 5 heteroatoms. The van der Waals surface area contributed by atoms with Crippen molar-refractivity contribution in [3.8, 4) is 11.4 Å². The van der Waals surface area contributed by atoms with Gasteiger partial charge < -0.3 is 9.55 Å². The average molecular weight is 334 g/mol. The lowest BCUT2D eigenvalue weighted by atomic mass is 10.1. The molecule has 0 aliphatic carbocycles. The molecule has 0 saturated carbocycles. The molecule has 0 aliphatic heterocycles. The van der Waals surface area contributed by atoms with Crippen LogP contribution in [0.2, 0.25) is 0 Å². The van der Waals surface area contributed by atoms with Crippen LogP contribution in [0.25, 0.3) is 22.3 Å². The summed E-state index contributed by atoms with van der Waals surface area (Å²) in [6.45, 7) is 2.19. The fourth-order valence-corrected chi connectivity index (χ4v) is 3.80. The highest BCUT2D eigenvalue weighted by molar-refractivity contribution is 7.99. The Morgan fingerprint density at radius 2 is 1.75 bits per heavy atom. The van der Waals surface area contributed by atoms with Crippen molar-refractivity contribution in [2.75, 3.05) is 0 Å². The summed E-state index contributed by atoms with van der Waals surface area (Å²) in [7, 11) is 2.02. The van der Waals surface area contributed by atoms with Crippen molar-refractivity contribution in [1.29, 1.82) is 0 Å². The van der Waals surface area contributed by atoms with E-state index < -0.39 is 0 Å². The number of thioether (sulfide) groups is 1. The summed E-state index contributed by atoms with van der Waals surface area (Å²) >= 11 is 1.73. The van der Waals surface area contributed by atoms with Crippen LogP contribution in [-0.2, 0) is 7.05 Å². The van der Waals surface area contributed by atoms with Gasteiger partial charge in [0.15, 0.2) is 11.0 Å². The van der Waals surface area contributed by atoms with E-state index in [1.165, 1.54) is 10.9 Å². The van der Waals surface area contributed by atoms with Gasteiger partial charge in [-0.2, -0.15) is 0 Å². The number of aromatic nitrogens is 4. The van der Waals surface area contributed by atoms with E-state index in [2.05, 4.69) is 63.1 Å². The summed E-state index contributed by atoms with van der Waals surface area (Å²) in [6, 6.07) is 18.7. The molecule has 4 nitrogen and oxygen atoms in total. The number of para-hydroxylation sites is 1. The number of rotatable bonds is 4. The minimum absolute atomic E-state index is 0.324. The van der Waals surface area contributed by atoms with E-state index >= 15 is 0 Å². The molecular weight excluding hydrogens is 316 g/mol. The van der Waals surface area contributed by atoms with Crippen LogP contribution in [0.3, 0.4) is 0 Å². The van der Waals surface area contributed by atoms with E-state index in [1.807, 2.05) is 31.4 Å². The third-order valence-electron chi connectivity index (χ3n) is 4.22. The third-order valence-corrected chi connectivity index (χ3v) is 5.41. The number of H-pyrrole nitrogens is 1. The van der Waals surface area contributed by atoms with Crippen molar-refractivity contribution in [2.45, 2.75) is 17.3 Å². The van der Waals surface area contributed by atoms with Gasteiger partial charge >= 0.3 is 0 Å². The molecule has 1 N–H and O–H groups in total. The lowest BCUT2D eigenvalue weighted by molar-refractivity contribution is 0.790. The predicted molar refractivity (Wildman–Crippen MR) is 99.0 cm³/mol. The molecule has 0 unspecified atom stereocenters. The topological polar surface area (TPSA) is 46.5 Å². The van der Waals surface area contributed by atoms with Gasteiger partial charge in [-0.3, -0.25) is 0 Å². The molecule has 24 heavy (non-hydrogen) atoms. The Bertz CT molecular complexity index is 971. The van der Waals surface area contributed by atoms with E-state index in [0.717, 1.165) is 22.1 Å². The minimum Gasteiger partial charge on any atom is -0.360 e. The molecule has 2 aromatic carbocycles. The largest absolute Gasteiger partial charge is 0.360 e. The van der Waals surface area contributed by atoms with Crippen LogP contribution in [0.4, 0.5) is 0 Å². The highest BCUT2D eigenvalue weighted by atomic mass is 32.2. The first-order valence-corrected chi connectivity index (χ1v) is 8.79. The van der Waals surface area contributed by atoms with Crippen molar-refractivity contribution in [3.05, 3.63) is 66.4 Å². The fraction of sp³-hybridized carbons (Fsp3) is 0.158. The molecule has 1 atom stereocenters. The van der Waals surface area contributed by atoms with E-state index in [1.54, 1.807) is 11.8 Å². The molecule has 2 heterocycles. The van der Waals surface area contributed by atoms with Crippen molar-refractivity contribution in [3.63, 3.8) is 0 Å². The summed E-state index contributed by atoms with van der Waals surface area (Å²) in [4.78, 5) is 3.30. The van der Waals surface area contributed by atoms with E-state index in [9.17, 15) is 0 Å². The number of hydrogen-bond donors (Lipinski definition) is 1. The second kappa shape index (κ2) is 6.17. The standard InChI is InChI=1S/C19H18N4S/c1-13(14-8-4-3-5-9-14)24-19-22-21-18(23(19)2)16-12-20-17-11-7-6-10-15(16)17/h3-13,20H,1-2H3/t13-/m1/s1. The van der Waals surface area contributed by atoms with Crippen LogP contribution in [0.15, 0.2) is 66.0 Å². The minimum atomic E-state index is 0.324. The molecule has 0 aliphatic rings. The second-order valence-electron chi connectivity index (χ2n) is 5.78. The van der Waals surface area contributed by atoms with Crippen LogP contribution < -0.4 is 0 Å². The maximum absolute atomic E-state index is 4.43. The van der Waals surface area contributed by atoms with Gasteiger partial charge in [-0.15, -0.1) is 10.2 Å². The van der Waals surface area contributed by atoms with E-state index in [0.29, 0.717) is 5.25 Å². The molecule has 0 fully saturated rings. The number of hydrogen-bond acceptors (Lipinski definition) is 3. The molecule has 4 rings (SSSR count). The monoisotopic (exact) mass is 334 g/mol. The molecule has 2 aromatic heterocycles. The Hall–Kier alpha value is -2.53. The maximum Gasteiger partial charge on any atom is 0.191 e. The Labute approximate surface area is 144 Å². The molecule has 0 saturated heterocycles. The zero-order valence-corrected chi connectivity index (χ0v) is 14.4. The summed E-state index contributed by atoms with van der Waals surface area (Å²) in [6.07, 6.45) is 2.00. The Kier molecular flexibility index (Phi) is 3.86. The number of aromatic amines is 1. The zero-order valence-electron chi connectivity index (χ0n) is 13.6. The lowest BCUT2D eigenvalue weighted by Crippen LogP contribution is -1.96. The normalized spacial score (nSPS) is 12.6. The zero-order chi connectivity index (χ0) is 16.5. The summed E-state index contributed by atoms with van der Waals surface area (Å²) in [5.41, 5.74) is 3.49. The van der Waals surface area contributed by atoms with Crippen LogP contribution in [-0.4, -0.2) is 19.7 Å². The van der Waals surface area contributed by atoms with Gasteiger partial charge in [-0.05, 0) is 18.6 Å². The van der Waals surface area contributed by atoms with Gasteiger partial charge in [-0.25, -0.2) is 0 Å². The second-order valence-corrected chi connectivity index (χ2v) is 7.09. The van der Waals surface area contributed by atoms with Gasteiger partial charge in [-0.1, -0.05) is 60.3 Å². The Balaban J connectivity index is 1.66.